The second kappa shape index (κ2) is 8.13. The zero-order valence-corrected chi connectivity index (χ0v) is 14.8. The average molecular weight is 365 g/mol. The maximum Gasteiger partial charge on any atom is 0.270 e. The maximum absolute atomic E-state index is 12.5. The molecule has 1 aromatic heterocycles. The number of non-ortho nitro benzene ring substituents is 1. The van der Waals surface area contributed by atoms with Crippen LogP contribution in [0.25, 0.3) is 0 Å². The molecule has 8 nitrogen and oxygen atoms in total. The molecule has 3 rings (SSSR count). The van der Waals surface area contributed by atoms with Crippen LogP contribution in [-0.2, 0) is 13.1 Å². The van der Waals surface area contributed by atoms with Gasteiger partial charge in [0.15, 0.2) is 0 Å². The molecule has 1 amide bonds. The number of hydrogen-bond acceptors (Lipinski definition) is 5. The van der Waals surface area contributed by atoms with Gasteiger partial charge < -0.3 is 15.2 Å². The van der Waals surface area contributed by atoms with Gasteiger partial charge in [0, 0.05) is 50.4 Å². The van der Waals surface area contributed by atoms with E-state index in [9.17, 15) is 14.9 Å². The number of carbonyl (C=O) groups is 1. The SMILES string of the molecule is CNc1ccc([N+](=O)[O-])cc1C(=O)NCc1cccc(Cn2ccnc2)c1. The summed E-state index contributed by atoms with van der Waals surface area (Å²) in [6, 6.07) is 12.0. The lowest BCUT2D eigenvalue weighted by atomic mass is 10.1. The summed E-state index contributed by atoms with van der Waals surface area (Å²) in [6.07, 6.45) is 5.36. The van der Waals surface area contributed by atoms with Crippen LogP contribution in [0.5, 0.6) is 0 Å². The number of nitrogens with zero attached hydrogens (tertiary/aromatic N) is 3. The van der Waals surface area contributed by atoms with E-state index in [4.69, 9.17) is 0 Å². The summed E-state index contributed by atoms with van der Waals surface area (Å²) in [5.74, 6) is -0.372. The van der Waals surface area contributed by atoms with Gasteiger partial charge in [-0.2, -0.15) is 0 Å². The van der Waals surface area contributed by atoms with Gasteiger partial charge in [0.2, 0.25) is 0 Å². The molecule has 0 saturated carbocycles. The van der Waals surface area contributed by atoms with Crippen molar-refractivity contribution in [1.82, 2.24) is 14.9 Å². The monoisotopic (exact) mass is 365 g/mol. The first-order valence-electron chi connectivity index (χ1n) is 8.35. The minimum Gasteiger partial charge on any atom is -0.387 e. The lowest BCUT2D eigenvalue weighted by molar-refractivity contribution is -0.384. The molecule has 0 aliphatic carbocycles. The highest BCUT2D eigenvalue weighted by molar-refractivity contribution is 6.00. The van der Waals surface area contributed by atoms with Gasteiger partial charge in [0.05, 0.1) is 16.8 Å². The van der Waals surface area contributed by atoms with E-state index < -0.39 is 4.92 Å². The van der Waals surface area contributed by atoms with E-state index in [2.05, 4.69) is 15.6 Å². The molecule has 0 atom stereocenters. The number of anilines is 1. The van der Waals surface area contributed by atoms with Crippen molar-refractivity contribution in [1.29, 1.82) is 0 Å². The Morgan fingerprint density at radius 3 is 2.74 bits per heavy atom. The largest absolute Gasteiger partial charge is 0.387 e. The number of rotatable bonds is 7. The third-order valence-electron chi connectivity index (χ3n) is 4.10. The molecule has 0 bridgehead atoms. The molecule has 0 aliphatic heterocycles. The first-order chi connectivity index (χ1) is 13.1. The molecular weight excluding hydrogens is 346 g/mol. The molecule has 1 heterocycles. The highest BCUT2D eigenvalue weighted by Gasteiger charge is 2.16. The number of nitrogens with one attached hydrogen (secondary N) is 2. The predicted molar refractivity (Wildman–Crippen MR) is 102 cm³/mol. The number of carbonyl (C=O) groups excluding carboxylic acids is 1. The van der Waals surface area contributed by atoms with Crippen molar-refractivity contribution in [2.75, 3.05) is 12.4 Å². The predicted octanol–water partition coefficient (Wildman–Crippen LogP) is 2.81. The number of hydrogen-bond donors (Lipinski definition) is 2. The summed E-state index contributed by atoms with van der Waals surface area (Å²) in [4.78, 5) is 27.0. The van der Waals surface area contributed by atoms with Crippen molar-refractivity contribution < 1.29 is 9.72 Å². The quantitative estimate of drug-likeness (QED) is 0.495. The van der Waals surface area contributed by atoms with Crippen LogP contribution in [0.2, 0.25) is 0 Å². The van der Waals surface area contributed by atoms with E-state index in [1.54, 1.807) is 19.6 Å². The molecule has 0 aliphatic rings. The lowest BCUT2D eigenvalue weighted by Crippen LogP contribution is -2.24. The number of aromatic nitrogens is 2. The average Bonchev–Trinajstić information content (AvgIpc) is 3.18. The van der Waals surface area contributed by atoms with Gasteiger partial charge in [0.25, 0.3) is 11.6 Å². The van der Waals surface area contributed by atoms with Crippen LogP contribution in [0.15, 0.2) is 61.2 Å². The van der Waals surface area contributed by atoms with Crippen LogP contribution in [0.3, 0.4) is 0 Å². The number of benzene rings is 2. The molecule has 8 heteroatoms. The molecule has 2 N–H and O–H groups in total. The summed E-state index contributed by atoms with van der Waals surface area (Å²) in [7, 11) is 1.66. The summed E-state index contributed by atoms with van der Waals surface area (Å²) in [6.45, 7) is 1.01. The Morgan fingerprint density at radius 1 is 1.22 bits per heavy atom. The van der Waals surface area contributed by atoms with E-state index in [1.807, 2.05) is 35.0 Å². The van der Waals surface area contributed by atoms with E-state index in [0.29, 0.717) is 18.8 Å². The molecular formula is C19H19N5O3. The summed E-state index contributed by atoms with van der Waals surface area (Å²) in [5.41, 5.74) is 2.68. The second-order valence-corrected chi connectivity index (χ2v) is 5.97. The summed E-state index contributed by atoms with van der Waals surface area (Å²) in [5, 5.41) is 16.7. The Bertz CT molecular complexity index is 954. The molecule has 0 radical (unpaired) electrons. The van der Waals surface area contributed by atoms with Crippen molar-refractivity contribution in [3.8, 4) is 0 Å². The Kier molecular flexibility index (Phi) is 5.46. The van der Waals surface area contributed by atoms with E-state index in [-0.39, 0.29) is 17.2 Å². The van der Waals surface area contributed by atoms with Crippen molar-refractivity contribution >= 4 is 17.3 Å². The van der Waals surface area contributed by atoms with Crippen molar-refractivity contribution in [3.05, 3.63) is 88.0 Å². The first kappa shape index (κ1) is 18.1. The third kappa shape index (κ3) is 4.49. The zero-order valence-electron chi connectivity index (χ0n) is 14.8. The smallest absolute Gasteiger partial charge is 0.270 e. The van der Waals surface area contributed by atoms with Crippen LogP contribution in [-0.4, -0.2) is 27.4 Å². The van der Waals surface area contributed by atoms with Gasteiger partial charge in [-0.1, -0.05) is 24.3 Å². The highest BCUT2D eigenvalue weighted by Crippen LogP contribution is 2.22. The molecule has 3 aromatic rings. The van der Waals surface area contributed by atoms with Crippen LogP contribution in [0.4, 0.5) is 11.4 Å². The molecule has 138 valence electrons. The van der Waals surface area contributed by atoms with Gasteiger partial charge in [-0.15, -0.1) is 0 Å². The summed E-state index contributed by atoms with van der Waals surface area (Å²) < 4.78 is 1.96. The summed E-state index contributed by atoms with van der Waals surface area (Å²) >= 11 is 0. The fourth-order valence-electron chi connectivity index (χ4n) is 2.76. The minimum absolute atomic E-state index is 0.124. The molecule has 0 unspecified atom stereocenters. The Balaban J connectivity index is 1.70. The topological polar surface area (TPSA) is 102 Å². The Labute approximate surface area is 156 Å². The Hall–Kier alpha value is -3.68. The minimum atomic E-state index is -0.518. The molecule has 27 heavy (non-hydrogen) atoms. The molecule has 2 aromatic carbocycles. The van der Waals surface area contributed by atoms with Crippen molar-refractivity contribution in [2.24, 2.45) is 0 Å². The van der Waals surface area contributed by atoms with Crippen LogP contribution in [0.1, 0.15) is 21.5 Å². The lowest BCUT2D eigenvalue weighted by Gasteiger charge is -2.11. The van der Waals surface area contributed by atoms with Gasteiger partial charge in [-0.3, -0.25) is 14.9 Å². The number of nitro groups is 1. The van der Waals surface area contributed by atoms with E-state index in [0.717, 1.165) is 11.1 Å². The van der Waals surface area contributed by atoms with Gasteiger partial charge in [-0.05, 0) is 17.2 Å². The normalized spacial score (nSPS) is 10.4. The van der Waals surface area contributed by atoms with Gasteiger partial charge in [-0.25, -0.2) is 4.98 Å². The third-order valence-corrected chi connectivity index (χ3v) is 4.10. The molecule has 0 fully saturated rings. The maximum atomic E-state index is 12.5. The van der Waals surface area contributed by atoms with Crippen LogP contribution < -0.4 is 10.6 Å². The van der Waals surface area contributed by atoms with Crippen molar-refractivity contribution in [3.63, 3.8) is 0 Å². The van der Waals surface area contributed by atoms with E-state index in [1.165, 1.54) is 18.2 Å². The van der Waals surface area contributed by atoms with Crippen LogP contribution >= 0.6 is 0 Å². The van der Waals surface area contributed by atoms with Gasteiger partial charge >= 0.3 is 0 Å². The van der Waals surface area contributed by atoms with Crippen LogP contribution in [0, 0.1) is 10.1 Å². The fraction of sp³-hybridized carbons (Fsp3) is 0.158. The van der Waals surface area contributed by atoms with E-state index >= 15 is 0 Å². The van der Waals surface area contributed by atoms with Gasteiger partial charge in [0.1, 0.15) is 0 Å². The van der Waals surface area contributed by atoms with Crippen molar-refractivity contribution in [2.45, 2.75) is 13.1 Å². The number of amides is 1. The fourth-order valence-corrected chi connectivity index (χ4v) is 2.76. The molecule has 0 saturated heterocycles. The molecule has 0 spiro atoms. The Morgan fingerprint density at radius 2 is 2.04 bits per heavy atom. The first-order valence-corrected chi connectivity index (χ1v) is 8.35. The number of nitro benzene ring substituents is 1. The number of imidazole rings is 1. The zero-order chi connectivity index (χ0) is 19.2. The standard InChI is InChI=1S/C19H19N5O3/c1-20-18-6-5-16(24(26)27)10-17(18)19(25)22-11-14-3-2-4-15(9-14)12-23-8-7-21-13-23/h2-10,13,20H,11-12H2,1H3,(H,22,25). The highest BCUT2D eigenvalue weighted by atomic mass is 16.6. The second-order valence-electron chi connectivity index (χ2n) is 5.97.